The molecule has 2 aliphatic heterocycles. The Labute approximate surface area is 185 Å². The van der Waals surface area contributed by atoms with Crippen LogP contribution in [0.25, 0.3) is 0 Å². The minimum Gasteiger partial charge on any atom is -0.370 e. The standard InChI is InChI=1S/C22H23ClN4O4/c23-15-3-5-17(6-4-15)25-22(30)27-11-1-2-19(27)21(29)24-16-7-9-18(10-8-16)26-12-13-31-14-20(26)28/h3-10,19H,1-2,11-14H2,(H,24,29)(H,25,30). The van der Waals surface area contributed by atoms with E-state index in [0.29, 0.717) is 42.5 Å². The number of hydrogen-bond donors (Lipinski definition) is 2. The molecule has 2 aromatic rings. The number of morpholine rings is 1. The van der Waals surface area contributed by atoms with E-state index in [-0.39, 0.29) is 24.5 Å². The number of ether oxygens (including phenoxy) is 1. The monoisotopic (exact) mass is 442 g/mol. The quantitative estimate of drug-likeness (QED) is 0.759. The van der Waals surface area contributed by atoms with Gasteiger partial charge in [0.1, 0.15) is 12.6 Å². The van der Waals surface area contributed by atoms with Crippen LogP contribution in [0, 0.1) is 0 Å². The zero-order valence-corrected chi connectivity index (χ0v) is 17.6. The smallest absolute Gasteiger partial charge is 0.322 e. The SMILES string of the molecule is O=C(Nc1ccc(N2CCOCC2=O)cc1)C1CCCN1C(=O)Nc1ccc(Cl)cc1. The number of amides is 4. The number of rotatable bonds is 4. The minimum absolute atomic E-state index is 0.0775. The van der Waals surface area contributed by atoms with Crippen LogP contribution in [-0.2, 0) is 14.3 Å². The van der Waals surface area contributed by atoms with Crippen LogP contribution in [0.15, 0.2) is 48.5 Å². The highest BCUT2D eigenvalue weighted by Crippen LogP contribution is 2.23. The highest BCUT2D eigenvalue weighted by atomic mass is 35.5. The molecule has 2 saturated heterocycles. The minimum atomic E-state index is -0.548. The van der Waals surface area contributed by atoms with Crippen molar-refractivity contribution < 1.29 is 19.1 Å². The molecule has 9 heteroatoms. The van der Waals surface area contributed by atoms with Crippen LogP contribution >= 0.6 is 11.6 Å². The van der Waals surface area contributed by atoms with Gasteiger partial charge in [0.25, 0.3) is 5.91 Å². The molecule has 8 nitrogen and oxygen atoms in total. The number of hydrogen-bond acceptors (Lipinski definition) is 4. The highest BCUT2D eigenvalue weighted by molar-refractivity contribution is 6.30. The molecule has 0 radical (unpaired) electrons. The van der Waals surface area contributed by atoms with Crippen molar-refractivity contribution in [2.75, 3.05) is 41.8 Å². The van der Waals surface area contributed by atoms with Crippen molar-refractivity contribution in [2.24, 2.45) is 0 Å². The lowest BCUT2D eigenvalue weighted by atomic mass is 10.2. The van der Waals surface area contributed by atoms with Crippen LogP contribution in [-0.4, -0.2) is 55.1 Å². The molecule has 0 spiro atoms. The number of anilines is 3. The lowest BCUT2D eigenvalue weighted by Gasteiger charge is -2.27. The van der Waals surface area contributed by atoms with Gasteiger partial charge < -0.3 is 25.2 Å². The summed E-state index contributed by atoms with van der Waals surface area (Å²) >= 11 is 5.88. The van der Waals surface area contributed by atoms with Gasteiger partial charge in [-0.15, -0.1) is 0 Å². The summed E-state index contributed by atoms with van der Waals surface area (Å²) in [6, 6.07) is 13.0. The fourth-order valence-electron chi connectivity index (χ4n) is 3.75. The number of nitrogens with zero attached hydrogens (tertiary/aromatic N) is 2. The molecule has 0 aliphatic carbocycles. The fourth-order valence-corrected chi connectivity index (χ4v) is 3.88. The van der Waals surface area contributed by atoms with Gasteiger partial charge in [-0.1, -0.05) is 11.6 Å². The zero-order valence-electron chi connectivity index (χ0n) is 16.8. The third kappa shape index (κ3) is 4.98. The van der Waals surface area contributed by atoms with Crippen molar-refractivity contribution in [1.82, 2.24) is 4.90 Å². The Morgan fingerprint density at radius 2 is 1.65 bits per heavy atom. The Kier molecular flexibility index (Phi) is 6.39. The van der Waals surface area contributed by atoms with Gasteiger partial charge in [0.2, 0.25) is 5.91 Å². The van der Waals surface area contributed by atoms with Gasteiger partial charge in [-0.3, -0.25) is 9.59 Å². The number of carbonyl (C=O) groups excluding carboxylic acids is 3. The van der Waals surface area contributed by atoms with E-state index in [2.05, 4.69) is 10.6 Å². The van der Waals surface area contributed by atoms with Gasteiger partial charge in [0.15, 0.2) is 0 Å². The Balaban J connectivity index is 1.37. The first kappa shape index (κ1) is 21.1. The number of nitrogens with one attached hydrogen (secondary N) is 2. The molecule has 0 saturated carbocycles. The summed E-state index contributed by atoms with van der Waals surface area (Å²) in [5.74, 6) is -0.324. The zero-order chi connectivity index (χ0) is 21.8. The maximum atomic E-state index is 12.8. The summed E-state index contributed by atoms with van der Waals surface area (Å²) in [5, 5.41) is 6.27. The van der Waals surface area contributed by atoms with Crippen LogP contribution in [0.3, 0.4) is 0 Å². The molecule has 2 fully saturated rings. The molecule has 31 heavy (non-hydrogen) atoms. The summed E-state index contributed by atoms with van der Waals surface area (Å²) in [6.45, 7) is 1.59. The molecule has 2 aliphatic rings. The number of likely N-dealkylation sites (tertiary alicyclic amines) is 1. The third-order valence-corrected chi connectivity index (χ3v) is 5.60. The van der Waals surface area contributed by atoms with E-state index in [1.165, 1.54) is 0 Å². The van der Waals surface area contributed by atoms with Crippen LogP contribution in [0.2, 0.25) is 5.02 Å². The maximum absolute atomic E-state index is 12.8. The van der Waals surface area contributed by atoms with E-state index >= 15 is 0 Å². The number of urea groups is 1. The second kappa shape index (κ2) is 9.36. The normalized spacial score (nSPS) is 18.7. The molecule has 1 unspecified atom stereocenters. The van der Waals surface area contributed by atoms with Gasteiger partial charge in [-0.2, -0.15) is 0 Å². The Morgan fingerprint density at radius 1 is 0.968 bits per heavy atom. The van der Waals surface area contributed by atoms with E-state index < -0.39 is 6.04 Å². The average molecular weight is 443 g/mol. The molecule has 4 rings (SSSR count). The molecule has 2 aromatic carbocycles. The van der Waals surface area contributed by atoms with Gasteiger partial charge in [0.05, 0.1) is 6.61 Å². The van der Waals surface area contributed by atoms with Crippen molar-refractivity contribution in [1.29, 1.82) is 0 Å². The summed E-state index contributed by atoms with van der Waals surface area (Å²) in [7, 11) is 0. The molecule has 2 N–H and O–H groups in total. The maximum Gasteiger partial charge on any atom is 0.322 e. The summed E-state index contributed by atoms with van der Waals surface area (Å²) in [5.41, 5.74) is 1.99. The molecule has 1 atom stereocenters. The Bertz CT molecular complexity index is 964. The lowest BCUT2D eigenvalue weighted by molar-refractivity contribution is -0.125. The first-order valence-corrected chi connectivity index (χ1v) is 10.5. The number of halogens is 1. The Hall–Kier alpha value is -3.10. The van der Waals surface area contributed by atoms with Crippen molar-refractivity contribution >= 4 is 46.5 Å². The van der Waals surface area contributed by atoms with Gasteiger partial charge in [-0.05, 0) is 61.4 Å². The molecule has 2 heterocycles. The summed E-state index contributed by atoms with van der Waals surface area (Å²) in [4.78, 5) is 40.7. The van der Waals surface area contributed by atoms with Crippen molar-refractivity contribution in [3.8, 4) is 0 Å². The third-order valence-electron chi connectivity index (χ3n) is 5.34. The van der Waals surface area contributed by atoms with Crippen LogP contribution in [0.4, 0.5) is 21.9 Å². The largest absolute Gasteiger partial charge is 0.370 e. The first-order valence-electron chi connectivity index (χ1n) is 10.1. The van der Waals surface area contributed by atoms with Gasteiger partial charge in [0, 0.05) is 35.2 Å². The van der Waals surface area contributed by atoms with Crippen molar-refractivity contribution in [3.63, 3.8) is 0 Å². The molecule has 162 valence electrons. The number of carbonyl (C=O) groups is 3. The average Bonchev–Trinajstić information content (AvgIpc) is 3.27. The van der Waals surface area contributed by atoms with E-state index in [0.717, 1.165) is 12.1 Å². The topological polar surface area (TPSA) is 91.0 Å². The van der Waals surface area contributed by atoms with Crippen molar-refractivity contribution in [3.05, 3.63) is 53.6 Å². The molecular formula is C22H23ClN4O4. The predicted octanol–water partition coefficient (Wildman–Crippen LogP) is 3.34. The van der Waals surface area contributed by atoms with Crippen molar-refractivity contribution in [2.45, 2.75) is 18.9 Å². The first-order chi connectivity index (χ1) is 15.0. The van der Waals surface area contributed by atoms with E-state index in [1.54, 1.807) is 58.3 Å². The van der Waals surface area contributed by atoms with Crippen LogP contribution in [0.1, 0.15) is 12.8 Å². The molecule has 4 amide bonds. The molecular weight excluding hydrogens is 420 g/mol. The number of benzene rings is 2. The summed E-state index contributed by atoms with van der Waals surface area (Å²) in [6.07, 6.45) is 1.35. The van der Waals surface area contributed by atoms with Gasteiger partial charge in [-0.25, -0.2) is 4.79 Å². The highest BCUT2D eigenvalue weighted by Gasteiger charge is 2.34. The van der Waals surface area contributed by atoms with Crippen LogP contribution in [0.5, 0.6) is 0 Å². The predicted molar refractivity (Wildman–Crippen MR) is 118 cm³/mol. The van der Waals surface area contributed by atoms with E-state index in [9.17, 15) is 14.4 Å². The Morgan fingerprint density at radius 3 is 2.35 bits per heavy atom. The second-order valence-corrected chi connectivity index (χ2v) is 7.86. The molecule has 0 aromatic heterocycles. The lowest BCUT2D eigenvalue weighted by Crippen LogP contribution is -2.45. The van der Waals surface area contributed by atoms with Crippen LogP contribution < -0.4 is 15.5 Å². The van der Waals surface area contributed by atoms with E-state index in [1.807, 2.05) is 0 Å². The fraction of sp³-hybridized carbons (Fsp3) is 0.318. The summed E-state index contributed by atoms with van der Waals surface area (Å²) < 4.78 is 5.15. The second-order valence-electron chi connectivity index (χ2n) is 7.42. The molecule has 0 bridgehead atoms. The van der Waals surface area contributed by atoms with Gasteiger partial charge >= 0.3 is 6.03 Å². The van der Waals surface area contributed by atoms with E-state index in [4.69, 9.17) is 16.3 Å².